The molecule has 0 amide bonds. The lowest BCUT2D eigenvalue weighted by atomic mass is 10.1. The van der Waals surface area contributed by atoms with Crippen molar-refractivity contribution in [2.75, 3.05) is 33.9 Å². The van der Waals surface area contributed by atoms with Crippen molar-refractivity contribution in [2.45, 2.75) is 24.2 Å². The Balaban J connectivity index is 1.98. The van der Waals surface area contributed by atoms with E-state index in [0.717, 1.165) is 46.5 Å². The molecule has 0 aliphatic heterocycles. The van der Waals surface area contributed by atoms with E-state index >= 15 is 0 Å². The van der Waals surface area contributed by atoms with E-state index in [0.29, 0.717) is 11.5 Å². The third-order valence-corrected chi connectivity index (χ3v) is 5.36. The molecule has 0 atom stereocenters. The summed E-state index contributed by atoms with van der Waals surface area (Å²) in [5, 5.41) is 10.1. The third kappa shape index (κ3) is 4.46. The van der Waals surface area contributed by atoms with Crippen molar-refractivity contribution in [3.63, 3.8) is 0 Å². The molecule has 1 heterocycles. The van der Waals surface area contributed by atoms with Gasteiger partial charge in [-0.25, -0.2) is 0 Å². The monoisotopic (exact) mass is 402 g/mol. The van der Waals surface area contributed by atoms with Crippen LogP contribution in [0, 0.1) is 0 Å². The standard InChI is InChI=1S/C22H26O5S/c1-24-14-26-19-10-8-16(13-20(19)25-2)21-22(28-3)17-12-15(6-4-5-11-23)7-9-18(17)27-21/h7-10,12-13,23H,4-6,11,14H2,1-3H3. The number of fused-ring (bicyclic) bond motifs is 1. The highest BCUT2D eigenvalue weighted by Gasteiger charge is 2.18. The Labute approximate surface area is 169 Å². The predicted molar refractivity (Wildman–Crippen MR) is 113 cm³/mol. The van der Waals surface area contributed by atoms with Gasteiger partial charge in [-0.2, -0.15) is 0 Å². The number of aliphatic hydroxyl groups excluding tert-OH is 1. The molecule has 0 unspecified atom stereocenters. The smallest absolute Gasteiger partial charge is 0.188 e. The Morgan fingerprint density at radius 2 is 1.89 bits per heavy atom. The first kappa shape index (κ1) is 20.6. The number of unbranched alkanes of at least 4 members (excludes halogenated alkanes) is 1. The van der Waals surface area contributed by atoms with E-state index in [4.69, 9.17) is 23.7 Å². The maximum Gasteiger partial charge on any atom is 0.188 e. The lowest BCUT2D eigenvalue weighted by Crippen LogP contribution is -2.00. The van der Waals surface area contributed by atoms with Crippen LogP contribution in [-0.2, 0) is 11.2 Å². The molecular formula is C22H26O5S. The molecule has 1 aromatic heterocycles. The Hall–Kier alpha value is -2.15. The van der Waals surface area contributed by atoms with Gasteiger partial charge in [-0.1, -0.05) is 6.07 Å². The molecule has 0 bridgehead atoms. The zero-order chi connectivity index (χ0) is 19.9. The fraction of sp³-hybridized carbons (Fsp3) is 0.364. The van der Waals surface area contributed by atoms with Crippen molar-refractivity contribution in [1.82, 2.24) is 0 Å². The summed E-state index contributed by atoms with van der Waals surface area (Å²) in [6.07, 6.45) is 4.80. The summed E-state index contributed by atoms with van der Waals surface area (Å²) >= 11 is 1.67. The van der Waals surface area contributed by atoms with E-state index in [9.17, 15) is 0 Å². The average molecular weight is 403 g/mol. The van der Waals surface area contributed by atoms with Crippen LogP contribution < -0.4 is 9.47 Å². The zero-order valence-electron chi connectivity index (χ0n) is 16.5. The molecule has 0 saturated heterocycles. The molecule has 0 saturated carbocycles. The van der Waals surface area contributed by atoms with Gasteiger partial charge in [-0.05, 0) is 61.4 Å². The molecule has 0 aliphatic rings. The lowest BCUT2D eigenvalue weighted by Gasteiger charge is -2.11. The predicted octanol–water partition coefficient (Wildman–Crippen LogP) is 5.13. The summed E-state index contributed by atoms with van der Waals surface area (Å²) in [4.78, 5) is 1.10. The van der Waals surface area contributed by atoms with Gasteiger partial charge in [0.1, 0.15) is 11.3 Å². The highest BCUT2D eigenvalue weighted by atomic mass is 32.2. The second kappa shape index (κ2) is 9.87. The van der Waals surface area contributed by atoms with Crippen LogP contribution in [0.2, 0.25) is 0 Å². The molecule has 3 aromatic rings. The van der Waals surface area contributed by atoms with E-state index in [1.165, 1.54) is 5.56 Å². The number of rotatable bonds is 10. The summed E-state index contributed by atoms with van der Waals surface area (Å²) in [5.74, 6) is 2.08. The molecule has 0 aliphatic carbocycles. The van der Waals surface area contributed by atoms with E-state index in [1.807, 2.05) is 24.3 Å². The van der Waals surface area contributed by atoms with Crippen LogP contribution in [0.5, 0.6) is 11.5 Å². The molecule has 5 nitrogen and oxygen atoms in total. The molecule has 3 rings (SSSR count). The third-order valence-electron chi connectivity index (χ3n) is 4.54. The van der Waals surface area contributed by atoms with Gasteiger partial charge >= 0.3 is 0 Å². The van der Waals surface area contributed by atoms with Gasteiger partial charge in [0.15, 0.2) is 18.3 Å². The second-order valence-corrected chi connectivity index (χ2v) is 7.21. The van der Waals surface area contributed by atoms with E-state index < -0.39 is 0 Å². The fourth-order valence-corrected chi connectivity index (χ4v) is 3.89. The molecule has 0 spiro atoms. The number of aryl methyl sites for hydroxylation is 1. The molecule has 0 fully saturated rings. The largest absolute Gasteiger partial charge is 0.493 e. The molecule has 6 heteroatoms. The minimum atomic E-state index is 0.162. The van der Waals surface area contributed by atoms with Gasteiger partial charge in [0.25, 0.3) is 0 Å². The van der Waals surface area contributed by atoms with Crippen molar-refractivity contribution in [2.24, 2.45) is 0 Å². The van der Waals surface area contributed by atoms with Crippen molar-refractivity contribution < 1.29 is 23.7 Å². The molecule has 1 N–H and O–H groups in total. The SMILES string of the molecule is COCOc1ccc(-c2oc3ccc(CCCCO)cc3c2SC)cc1OC. The number of ether oxygens (including phenoxy) is 3. The summed E-state index contributed by atoms with van der Waals surface area (Å²) in [6.45, 7) is 0.398. The van der Waals surface area contributed by atoms with Gasteiger partial charge in [0.05, 0.1) is 12.0 Å². The van der Waals surface area contributed by atoms with Gasteiger partial charge < -0.3 is 23.7 Å². The first-order valence-corrected chi connectivity index (χ1v) is 10.4. The number of benzene rings is 2. The number of methoxy groups -OCH3 is 2. The number of thioether (sulfide) groups is 1. The number of aliphatic hydroxyl groups is 1. The van der Waals surface area contributed by atoms with Gasteiger partial charge in [-0.15, -0.1) is 11.8 Å². The Kier molecular flexibility index (Phi) is 7.25. The van der Waals surface area contributed by atoms with Crippen molar-refractivity contribution in [3.8, 4) is 22.8 Å². The van der Waals surface area contributed by atoms with Crippen LogP contribution in [-0.4, -0.2) is 39.0 Å². The Bertz CT molecular complexity index is 919. The summed E-state index contributed by atoms with van der Waals surface area (Å²) in [5.41, 5.74) is 3.05. The summed E-state index contributed by atoms with van der Waals surface area (Å²) < 4.78 is 22.2. The molecule has 2 aromatic carbocycles. The van der Waals surface area contributed by atoms with Crippen LogP contribution in [0.1, 0.15) is 18.4 Å². The average Bonchev–Trinajstić information content (AvgIpc) is 3.10. The highest BCUT2D eigenvalue weighted by molar-refractivity contribution is 7.99. The van der Waals surface area contributed by atoms with Crippen LogP contribution in [0.25, 0.3) is 22.3 Å². The van der Waals surface area contributed by atoms with Gasteiger partial charge in [0.2, 0.25) is 0 Å². The number of hydrogen-bond donors (Lipinski definition) is 1. The summed E-state index contributed by atoms with van der Waals surface area (Å²) in [6, 6.07) is 12.1. The van der Waals surface area contributed by atoms with Crippen molar-refractivity contribution in [1.29, 1.82) is 0 Å². The minimum absolute atomic E-state index is 0.162. The van der Waals surface area contributed by atoms with E-state index in [1.54, 1.807) is 26.0 Å². The van der Waals surface area contributed by atoms with Crippen LogP contribution in [0.15, 0.2) is 45.7 Å². The van der Waals surface area contributed by atoms with Crippen LogP contribution >= 0.6 is 11.8 Å². The maximum atomic E-state index is 8.99. The second-order valence-electron chi connectivity index (χ2n) is 6.39. The first-order chi connectivity index (χ1) is 13.7. The van der Waals surface area contributed by atoms with Crippen LogP contribution in [0.4, 0.5) is 0 Å². The number of hydrogen-bond acceptors (Lipinski definition) is 6. The highest BCUT2D eigenvalue weighted by Crippen LogP contribution is 2.42. The molecule has 150 valence electrons. The van der Waals surface area contributed by atoms with Crippen LogP contribution in [0.3, 0.4) is 0 Å². The van der Waals surface area contributed by atoms with E-state index in [-0.39, 0.29) is 13.4 Å². The normalized spacial score (nSPS) is 11.1. The van der Waals surface area contributed by atoms with Crippen molar-refractivity contribution >= 4 is 22.7 Å². The maximum absolute atomic E-state index is 8.99. The van der Waals surface area contributed by atoms with E-state index in [2.05, 4.69) is 18.4 Å². The Morgan fingerprint density at radius 3 is 2.61 bits per heavy atom. The Morgan fingerprint density at radius 1 is 1.04 bits per heavy atom. The molecule has 28 heavy (non-hydrogen) atoms. The zero-order valence-corrected chi connectivity index (χ0v) is 17.3. The van der Waals surface area contributed by atoms with Gasteiger partial charge in [0, 0.05) is 24.7 Å². The topological polar surface area (TPSA) is 61.1 Å². The molecular weight excluding hydrogens is 376 g/mol. The quantitative estimate of drug-likeness (QED) is 0.288. The number of furan rings is 1. The molecule has 0 radical (unpaired) electrons. The van der Waals surface area contributed by atoms with Gasteiger partial charge in [-0.3, -0.25) is 0 Å². The lowest BCUT2D eigenvalue weighted by molar-refractivity contribution is 0.0492. The summed E-state index contributed by atoms with van der Waals surface area (Å²) in [7, 11) is 3.20. The minimum Gasteiger partial charge on any atom is -0.493 e. The van der Waals surface area contributed by atoms with Crippen molar-refractivity contribution in [3.05, 3.63) is 42.0 Å². The first-order valence-electron chi connectivity index (χ1n) is 9.22. The fourth-order valence-electron chi connectivity index (χ4n) is 3.16.